The van der Waals surface area contributed by atoms with Crippen LogP contribution in [0.4, 0.5) is 5.82 Å². The predicted octanol–water partition coefficient (Wildman–Crippen LogP) is 1.31. The van der Waals surface area contributed by atoms with Crippen LogP contribution in [0.5, 0.6) is 0 Å². The van der Waals surface area contributed by atoms with E-state index in [1.807, 2.05) is 6.92 Å². The highest BCUT2D eigenvalue weighted by Gasteiger charge is 2.26. The zero-order valence-corrected chi connectivity index (χ0v) is 9.11. The Kier molecular flexibility index (Phi) is 3.24. The molecule has 0 radical (unpaired) electrons. The Morgan fingerprint density at radius 1 is 1.47 bits per heavy atom. The molecule has 82 valence electrons. The predicted molar refractivity (Wildman–Crippen MR) is 56.7 cm³/mol. The van der Waals surface area contributed by atoms with Crippen LogP contribution in [-0.4, -0.2) is 27.6 Å². The lowest BCUT2D eigenvalue weighted by Gasteiger charge is -2.20. The smallest absolute Gasteiger partial charge is 0.310 e. The number of aliphatic carboxylic acids is 1. The van der Waals surface area contributed by atoms with Crippen molar-refractivity contribution in [2.75, 3.05) is 11.9 Å². The van der Waals surface area contributed by atoms with E-state index in [-0.39, 0.29) is 0 Å². The van der Waals surface area contributed by atoms with E-state index in [1.54, 1.807) is 26.2 Å². The van der Waals surface area contributed by atoms with E-state index in [0.717, 1.165) is 5.69 Å². The maximum Gasteiger partial charge on any atom is 0.310 e. The molecule has 1 rings (SSSR count). The molecule has 0 amide bonds. The van der Waals surface area contributed by atoms with Gasteiger partial charge < -0.3 is 10.4 Å². The summed E-state index contributed by atoms with van der Waals surface area (Å²) in [6.07, 6.45) is 3.17. The van der Waals surface area contributed by atoms with Crippen LogP contribution in [0.15, 0.2) is 12.4 Å². The maximum atomic E-state index is 10.9. The summed E-state index contributed by atoms with van der Waals surface area (Å²) in [4.78, 5) is 19.0. The first-order chi connectivity index (χ1) is 6.93. The lowest BCUT2D eigenvalue weighted by molar-refractivity contribution is -0.146. The highest BCUT2D eigenvalue weighted by Crippen LogP contribution is 2.16. The van der Waals surface area contributed by atoms with Crippen LogP contribution in [0.1, 0.15) is 19.5 Å². The molecule has 0 spiro atoms. The maximum absolute atomic E-state index is 10.9. The van der Waals surface area contributed by atoms with Crippen LogP contribution in [-0.2, 0) is 4.79 Å². The van der Waals surface area contributed by atoms with E-state index in [2.05, 4.69) is 15.3 Å². The van der Waals surface area contributed by atoms with Gasteiger partial charge in [-0.05, 0) is 20.8 Å². The number of aromatic nitrogens is 2. The third-order valence-corrected chi connectivity index (χ3v) is 2.16. The Hall–Kier alpha value is -1.65. The normalized spacial score (nSPS) is 11.1. The van der Waals surface area contributed by atoms with E-state index >= 15 is 0 Å². The zero-order valence-electron chi connectivity index (χ0n) is 9.11. The number of nitrogens with one attached hydrogen (secondary N) is 1. The highest BCUT2D eigenvalue weighted by molar-refractivity contribution is 5.74. The lowest BCUT2D eigenvalue weighted by atomic mass is 9.94. The van der Waals surface area contributed by atoms with Gasteiger partial charge in [0.2, 0.25) is 0 Å². The van der Waals surface area contributed by atoms with Gasteiger partial charge in [0.05, 0.1) is 11.1 Å². The average molecular weight is 209 g/mol. The molecule has 0 aliphatic heterocycles. The fourth-order valence-electron chi connectivity index (χ4n) is 0.961. The molecular formula is C10H15N3O2. The van der Waals surface area contributed by atoms with E-state index < -0.39 is 11.4 Å². The van der Waals surface area contributed by atoms with Crippen molar-refractivity contribution < 1.29 is 9.90 Å². The minimum Gasteiger partial charge on any atom is -0.481 e. The fourth-order valence-corrected chi connectivity index (χ4v) is 0.961. The number of carboxylic acids is 1. The standard InChI is InChI=1S/C10H15N3O2/c1-7-8(12-5-4-11-7)13-6-10(2,3)9(14)15/h4-5H,6H2,1-3H3,(H,12,13)(H,14,15). The molecule has 5 heteroatoms. The van der Waals surface area contributed by atoms with Gasteiger partial charge in [-0.25, -0.2) is 4.98 Å². The van der Waals surface area contributed by atoms with E-state index in [0.29, 0.717) is 12.4 Å². The number of carboxylic acid groups (broad SMARTS) is 1. The summed E-state index contributed by atoms with van der Waals surface area (Å²) in [5, 5.41) is 11.9. The number of carbonyl (C=O) groups is 1. The number of nitrogens with zero attached hydrogens (tertiary/aromatic N) is 2. The molecule has 0 saturated heterocycles. The Labute approximate surface area is 88.6 Å². The zero-order chi connectivity index (χ0) is 11.5. The summed E-state index contributed by atoms with van der Waals surface area (Å²) in [7, 11) is 0. The van der Waals surface area contributed by atoms with Gasteiger partial charge in [-0.3, -0.25) is 9.78 Å². The van der Waals surface area contributed by atoms with E-state index in [9.17, 15) is 4.79 Å². The second-order valence-electron chi connectivity index (χ2n) is 4.03. The molecule has 0 bridgehead atoms. The van der Waals surface area contributed by atoms with Crippen molar-refractivity contribution in [2.24, 2.45) is 5.41 Å². The van der Waals surface area contributed by atoms with Crippen LogP contribution in [0.3, 0.4) is 0 Å². The van der Waals surface area contributed by atoms with Gasteiger partial charge >= 0.3 is 5.97 Å². The molecule has 0 aliphatic carbocycles. The van der Waals surface area contributed by atoms with Gasteiger partial charge in [-0.15, -0.1) is 0 Å². The van der Waals surface area contributed by atoms with Gasteiger partial charge in [-0.2, -0.15) is 0 Å². The highest BCUT2D eigenvalue weighted by atomic mass is 16.4. The molecule has 5 nitrogen and oxygen atoms in total. The quantitative estimate of drug-likeness (QED) is 0.782. The molecule has 0 unspecified atom stereocenters. The lowest BCUT2D eigenvalue weighted by Crippen LogP contribution is -2.32. The monoisotopic (exact) mass is 209 g/mol. The van der Waals surface area contributed by atoms with Gasteiger partial charge in [0.1, 0.15) is 5.82 Å². The van der Waals surface area contributed by atoms with Crippen LogP contribution < -0.4 is 5.32 Å². The van der Waals surface area contributed by atoms with E-state index in [4.69, 9.17) is 5.11 Å². The number of aryl methyl sites for hydroxylation is 1. The number of anilines is 1. The Morgan fingerprint density at radius 2 is 2.07 bits per heavy atom. The molecule has 1 heterocycles. The van der Waals surface area contributed by atoms with Crippen molar-refractivity contribution in [2.45, 2.75) is 20.8 Å². The average Bonchev–Trinajstić information content (AvgIpc) is 2.16. The summed E-state index contributed by atoms with van der Waals surface area (Å²) < 4.78 is 0. The second-order valence-corrected chi connectivity index (χ2v) is 4.03. The molecule has 0 fully saturated rings. The van der Waals surface area contributed by atoms with Crippen molar-refractivity contribution in [1.82, 2.24) is 9.97 Å². The first-order valence-corrected chi connectivity index (χ1v) is 4.68. The van der Waals surface area contributed by atoms with Crippen molar-refractivity contribution in [3.8, 4) is 0 Å². The topological polar surface area (TPSA) is 75.1 Å². The number of rotatable bonds is 4. The van der Waals surface area contributed by atoms with Gasteiger partial charge in [-0.1, -0.05) is 0 Å². The van der Waals surface area contributed by atoms with Crippen LogP contribution in [0.25, 0.3) is 0 Å². The minimum absolute atomic E-state index is 0.321. The molecule has 1 aromatic rings. The van der Waals surface area contributed by atoms with Crippen LogP contribution >= 0.6 is 0 Å². The van der Waals surface area contributed by atoms with Crippen molar-refractivity contribution in [3.05, 3.63) is 18.1 Å². The second kappa shape index (κ2) is 4.25. The first-order valence-electron chi connectivity index (χ1n) is 4.68. The Balaban J connectivity index is 2.66. The Bertz CT molecular complexity index is 363. The molecule has 0 aliphatic rings. The summed E-state index contributed by atoms with van der Waals surface area (Å²) in [5.74, 6) is -0.205. The molecule has 2 N–H and O–H groups in total. The van der Waals surface area contributed by atoms with Crippen molar-refractivity contribution in [3.63, 3.8) is 0 Å². The first kappa shape index (κ1) is 11.4. The van der Waals surface area contributed by atoms with Gasteiger partial charge in [0, 0.05) is 18.9 Å². The molecule has 1 aromatic heterocycles. The molecule has 0 atom stereocenters. The summed E-state index contributed by atoms with van der Waals surface area (Å²) in [6, 6.07) is 0. The summed E-state index contributed by atoms with van der Waals surface area (Å²) >= 11 is 0. The molecule has 0 aromatic carbocycles. The Morgan fingerprint density at radius 3 is 2.60 bits per heavy atom. The SMILES string of the molecule is Cc1nccnc1NCC(C)(C)C(=O)O. The molecule has 15 heavy (non-hydrogen) atoms. The third-order valence-electron chi connectivity index (χ3n) is 2.16. The summed E-state index contributed by atoms with van der Waals surface area (Å²) in [6.45, 7) is 5.47. The third kappa shape index (κ3) is 2.90. The fraction of sp³-hybridized carbons (Fsp3) is 0.500. The summed E-state index contributed by atoms with van der Waals surface area (Å²) in [5.41, 5.74) is -0.0528. The van der Waals surface area contributed by atoms with Crippen molar-refractivity contribution >= 4 is 11.8 Å². The molecular weight excluding hydrogens is 194 g/mol. The number of hydrogen-bond donors (Lipinski definition) is 2. The minimum atomic E-state index is -0.837. The van der Waals surface area contributed by atoms with E-state index in [1.165, 1.54) is 0 Å². The molecule has 0 saturated carbocycles. The van der Waals surface area contributed by atoms with Crippen LogP contribution in [0.2, 0.25) is 0 Å². The number of hydrogen-bond acceptors (Lipinski definition) is 4. The van der Waals surface area contributed by atoms with Gasteiger partial charge in [0.25, 0.3) is 0 Å². The van der Waals surface area contributed by atoms with Gasteiger partial charge in [0.15, 0.2) is 0 Å². The van der Waals surface area contributed by atoms with Crippen molar-refractivity contribution in [1.29, 1.82) is 0 Å². The largest absolute Gasteiger partial charge is 0.481 e. The van der Waals surface area contributed by atoms with Crippen LogP contribution in [0, 0.1) is 12.3 Å².